The number of carbonyl (C=O) groups excluding carboxylic acids is 3. The highest BCUT2D eigenvalue weighted by molar-refractivity contribution is 9.09. The van der Waals surface area contributed by atoms with E-state index in [1.807, 2.05) is 6.92 Å². The number of amides is 3. The van der Waals surface area contributed by atoms with Gasteiger partial charge >= 0.3 is 0 Å². The zero-order chi connectivity index (χ0) is 27.6. The van der Waals surface area contributed by atoms with E-state index < -0.39 is 35.6 Å². The highest BCUT2D eigenvalue weighted by Gasteiger charge is 2.77. The molecule has 4 saturated heterocycles. The topological polar surface area (TPSA) is 103 Å². The number of aliphatic hydroxyl groups excluding tert-OH is 1. The Morgan fingerprint density at radius 3 is 2.53 bits per heavy atom. The fraction of sp³-hybridized carbons (Fsp3) is 0.741. The number of alkyl halides is 1. The molecule has 0 aliphatic carbocycles. The van der Waals surface area contributed by atoms with Crippen LogP contribution in [0.5, 0.6) is 0 Å². The first-order valence-corrected chi connectivity index (χ1v) is 14.5. The molecule has 3 amide bonds. The average molecular weight is 598 g/mol. The van der Waals surface area contributed by atoms with Crippen LogP contribution in [0.4, 0.5) is 0 Å². The standard InChI is InChI=1S/C27H41BrN4O6/c1-5-8-29(4)24(34)20-21-25(35)32(18(7-3)17-33)23(27(21)16-19(28)22(20)38-27)26(36)31(9-6-2)11-10-30-12-14-37-15-13-30/h5-6,18-23,33H,1-2,7-17H2,3-4H3/t18-,19?,20-,21-,22-,23?,27?/m0/s1. The van der Waals surface area contributed by atoms with Gasteiger partial charge in [0, 0.05) is 51.1 Å². The fourth-order valence-corrected chi connectivity index (χ4v) is 7.62. The summed E-state index contributed by atoms with van der Waals surface area (Å²) in [5, 5.41) is 10.2. The highest BCUT2D eigenvalue weighted by atomic mass is 79.9. The predicted octanol–water partition coefficient (Wildman–Crippen LogP) is 0.497. The van der Waals surface area contributed by atoms with Gasteiger partial charge in [-0.3, -0.25) is 19.3 Å². The lowest BCUT2D eigenvalue weighted by Crippen LogP contribution is -2.59. The SMILES string of the molecule is C=CCN(C)C(=O)[C@H]1[C@H]2C(=O)N([C@@H](CC)CO)C(C(=O)N(CC=C)CCN3CCOCC3)C23CC(Br)[C@@H]1O3. The number of halogens is 1. The predicted molar refractivity (Wildman–Crippen MR) is 146 cm³/mol. The Labute approximate surface area is 233 Å². The van der Waals surface area contributed by atoms with Gasteiger partial charge in [0.15, 0.2) is 0 Å². The number of rotatable bonds is 12. The maximum absolute atomic E-state index is 14.4. The largest absolute Gasteiger partial charge is 0.394 e. The Balaban J connectivity index is 1.70. The van der Waals surface area contributed by atoms with Crippen LogP contribution in [0.1, 0.15) is 19.8 Å². The molecule has 4 aliphatic heterocycles. The van der Waals surface area contributed by atoms with Gasteiger partial charge in [-0.05, 0) is 12.8 Å². The molecule has 0 aromatic carbocycles. The zero-order valence-electron chi connectivity index (χ0n) is 22.5. The van der Waals surface area contributed by atoms with Crippen LogP contribution < -0.4 is 0 Å². The van der Waals surface area contributed by atoms with Crippen molar-refractivity contribution in [1.29, 1.82) is 0 Å². The van der Waals surface area contributed by atoms with E-state index in [9.17, 15) is 19.5 Å². The molecule has 4 aliphatic rings. The van der Waals surface area contributed by atoms with Crippen LogP contribution in [0.25, 0.3) is 0 Å². The first-order chi connectivity index (χ1) is 18.2. The number of aliphatic hydroxyl groups is 1. The first kappa shape index (κ1) is 29.2. The molecule has 4 rings (SSSR count). The van der Waals surface area contributed by atoms with Crippen LogP contribution in [-0.4, -0.2) is 137 Å². The molecule has 3 unspecified atom stereocenters. The third kappa shape index (κ3) is 4.96. The molecule has 11 heteroatoms. The van der Waals surface area contributed by atoms with Crippen molar-refractivity contribution in [3.63, 3.8) is 0 Å². The summed E-state index contributed by atoms with van der Waals surface area (Å²) in [5.41, 5.74) is -1.15. The Kier molecular flexibility index (Phi) is 9.34. The number of morpholine rings is 1. The van der Waals surface area contributed by atoms with E-state index in [0.717, 1.165) is 13.1 Å². The van der Waals surface area contributed by atoms with Gasteiger partial charge in [-0.1, -0.05) is 35.0 Å². The van der Waals surface area contributed by atoms with Gasteiger partial charge in [0.2, 0.25) is 17.7 Å². The lowest BCUT2D eigenvalue weighted by atomic mass is 9.70. The molecular formula is C27H41BrN4O6. The van der Waals surface area contributed by atoms with Gasteiger partial charge in [0.05, 0.1) is 43.8 Å². The third-order valence-corrected chi connectivity index (χ3v) is 9.40. The second-order valence-corrected chi connectivity index (χ2v) is 11.9. The van der Waals surface area contributed by atoms with Gasteiger partial charge in [-0.15, -0.1) is 13.2 Å². The molecule has 1 N–H and O–H groups in total. The smallest absolute Gasteiger partial charge is 0.248 e. The van der Waals surface area contributed by atoms with Crippen molar-refractivity contribution >= 4 is 33.7 Å². The third-order valence-electron chi connectivity index (χ3n) is 8.55. The molecule has 0 aromatic rings. The van der Waals surface area contributed by atoms with Crippen LogP contribution in [0.15, 0.2) is 25.3 Å². The van der Waals surface area contributed by atoms with E-state index in [1.165, 1.54) is 4.90 Å². The van der Waals surface area contributed by atoms with Crippen molar-refractivity contribution in [2.45, 2.75) is 48.4 Å². The number of hydrogen-bond donors (Lipinski definition) is 1. The molecule has 0 aromatic heterocycles. The molecular weight excluding hydrogens is 556 g/mol. The number of hydrogen-bond acceptors (Lipinski definition) is 7. The zero-order valence-corrected chi connectivity index (χ0v) is 24.1. The number of nitrogens with zero attached hydrogens (tertiary/aromatic N) is 4. The fourth-order valence-electron chi connectivity index (χ4n) is 6.68. The molecule has 38 heavy (non-hydrogen) atoms. The van der Waals surface area contributed by atoms with E-state index in [2.05, 4.69) is 34.0 Å². The number of fused-ring (bicyclic) bond motifs is 1. The average Bonchev–Trinajstić information content (AvgIpc) is 3.51. The first-order valence-electron chi connectivity index (χ1n) is 13.6. The second kappa shape index (κ2) is 12.2. The molecule has 212 valence electrons. The van der Waals surface area contributed by atoms with Crippen LogP contribution in [-0.2, 0) is 23.9 Å². The Bertz CT molecular complexity index is 925. The number of likely N-dealkylation sites (N-methyl/N-ethyl adjacent to an activating group) is 1. The molecule has 7 atom stereocenters. The van der Waals surface area contributed by atoms with Crippen molar-refractivity contribution in [2.24, 2.45) is 11.8 Å². The minimum absolute atomic E-state index is 0.178. The Hall–Kier alpha value is -1.79. The second-order valence-electron chi connectivity index (χ2n) is 10.7. The molecule has 0 saturated carbocycles. The monoisotopic (exact) mass is 596 g/mol. The summed E-state index contributed by atoms with van der Waals surface area (Å²) in [4.78, 5) is 49.0. The maximum atomic E-state index is 14.4. The summed E-state index contributed by atoms with van der Waals surface area (Å²) in [6.45, 7) is 13.9. The number of likely N-dealkylation sites (tertiary alicyclic amines) is 1. The van der Waals surface area contributed by atoms with Crippen LogP contribution in [0.2, 0.25) is 0 Å². The Morgan fingerprint density at radius 2 is 1.92 bits per heavy atom. The summed E-state index contributed by atoms with van der Waals surface area (Å²) < 4.78 is 12.0. The maximum Gasteiger partial charge on any atom is 0.248 e. The minimum Gasteiger partial charge on any atom is -0.394 e. The molecule has 2 bridgehead atoms. The molecule has 0 radical (unpaired) electrons. The number of ether oxygens (including phenoxy) is 2. The Morgan fingerprint density at radius 1 is 1.24 bits per heavy atom. The molecule has 1 spiro atoms. The highest BCUT2D eigenvalue weighted by Crippen LogP contribution is 2.60. The van der Waals surface area contributed by atoms with Gasteiger partial charge < -0.3 is 29.3 Å². The summed E-state index contributed by atoms with van der Waals surface area (Å²) >= 11 is 3.71. The van der Waals surface area contributed by atoms with Crippen molar-refractivity contribution < 1.29 is 29.0 Å². The van der Waals surface area contributed by atoms with Crippen molar-refractivity contribution in [1.82, 2.24) is 19.6 Å². The van der Waals surface area contributed by atoms with E-state index in [-0.39, 0.29) is 29.2 Å². The van der Waals surface area contributed by atoms with Crippen molar-refractivity contribution in [2.75, 3.05) is 66.1 Å². The summed E-state index contributed by atoms with van der Waals surface area (Å²) in [7, 11) is 1.69. The molecule has 10 nitrogen and oxygen atoms in total. The normalized spacial score (nSPS) is 33.2. The van der Waals surface area contributed by atoms with Crippen LogP contribution >= 0.6 is 15.9 Å². The van der Waals surface area contributed by atoms with E-state index in [1.54, 1.807) is 29.0 Å². The van der Waals surface area contributed by atoms with Gasteiger partial charge in [-0.2, -0.15) is 0 Å². The molecule has 4 fully saturated rings. The quantitative estimate of drug-likeness (QED) is 0.258. The molecule has 4 heterocycles. The van der Waals surface area contributed by atoms with E-state index in [0.29, 0.717) is 52.2 Å². The van der Waals surface area contributed by atoms with E-state index >= 15 is 0 Å². The summed E-state index contributed by atoms with van der Waals surface area (Å²) in [5.74, 6) is -2.22. The van der Waals surface area contributed by atoms with Gasteiger partial charge in [-0.25, -0.2) is 0 Å². The van der Waals surface area contributed by atoms with Gasteiger partial charge in [0.1, 0.15) is 11.6 Å². The van der Waals surface area contributed by atoms with Crippen LogP contribution in [0.3, 0.4) is 0 Å². The number of carbonyl (C=O) groups is 3. The van der Waals surface area contributed by atoms with Crippen LogP contribution in [0, 0.1) is 11.8 Å². The van der Waals surface area contributed by atoms with E-state index in [4.69, 9.17) is 9.47 Å². The lowest BCUT2D eigenvalue weighted by molar-refractivity contribution is -0.151. The summed E-state index contributed by atoms with van der Waals surface area (Å²) in [6.07, 6.45) is 3.72. The van der Waals surface area contributed by atoms with Crippen molar-refractivity contribution in [3.8, 4) is 0 Å². The lowest BCUT2D eigenvalue weighted by Gasteiger charge is -2.39. The summed E-state index contributed by atoms with van der Waals surface area (Å²) in [6, 6.07) is -1.49. The van der Waals surface area contributed by atoms with Gasteiger partial charge in [0.25, 0.3) is 0 Å². The van der Waals surface area contributed by atoms with Crippen molar-refractivity contribution in [3.05, 3.63) is 25.3 Å². The minimum atomic E-state index is -1.15.